The Hall–Kier alpha value is -0.260. The highest BCUT2D eigenvalue weighted by molar-refractivity contribution is 5.29. The van der Waals surface area contributed by atoms with E-state index in [-0.39, 0.29) is 0 Å². The highest BCUT2D eigenvalue weighted by Gasteiger charge is 2.70. The smallest absolute Gasteiger partial charge is 0.0132 e. The third-order valence-corrected chi connectivity index (χ3v) is 5.50. The summed E-state index contributed by atoms with van der Waals surface area (Å²) in [6.07, 6.45) is 9.35. The maximum absolute atomic E-state index is 2.53. The predicted octanol–water partition coefficient (Wildman–Crippen LogP) is 3.88. The lowest BCUT2D eigenvalue weighted by Crippen LogP contribution is -2.27. The molecule has 0 heteroatoms. The summed E-state index contributed by atoms with van der Waals surface area (Å²) < 4.78 is 0. The van der Waals surface area contributed by atoms with E-state index in [0.29, 0.717) is 0 Å². The molecule has 1 spiro atoms. The highest BCUT2D eigenvalue weighted by Crippen LogP contribution is 2.75. The van der Waals surface area contributed by atoms with Crippen LogP contribution in [0.3, 0.4) is 0 Å². The molecule has 0 aromatic heterocycles. The molecule has 14 heavy (non-hydrogen) atoms. The van der Waals surface area contributed by atoms with Crippen LogP contribution in [0.25, 0.3) is 0 Å². The van der Waals surface area contributed by atoms with Crippen molar-refractivity contribution in [3.8, 4) is 0 Å². The lowest BCUT2D eigenvalue weighted by atomic mass is 9.70. The molecule has 78 valence electrons. The Morgan fingerprint density at radius 1 is 1.29 bits per heavy atom. The number of hydrogen-bond acceptors (Lipinski definition) is 0. The molecule has 0 aliphatic heterocycles. The van der Waals surface area contributed by atoms with E-state index in [9.17, 15) is 0 Å². The molecule has 3 rings (SSSR count). The molecule has 0 heterocycles. The van der Waals surface area contributed by atoms with E-state index in [4.69, 9.17) is 0 Å². The number of fused-ring (bicyclic) bond motifs is 1. The average Bonchev–Trinajstić information content (AvgIpc) is 2.62. The number of rotatable bonds is 1. The number of allylic oxidation sites excluding steroid dienone is 2. The van der Waals surface area contributed by atoms with Crippen molar-refractivity contribution in [1.82, 2.24) is 0 Å². The molecule has 0 aromatic rings. The fraction of sp³-hybridized carbons (Fsp3) is 0.857. The lowest BCUT2D eigenvalue weighted by molar-refractivity contribution is 0.149. The lowest BCUT2D eigenvalue weighted by Gasteiger charge is -2.35. The van der Waals surface area contributed by atoms with Crippen molar-refractivity contribution in [1.29, 1.82) is 0 Å². The van der Waals surface area contributed by atoms with Gasteiger partial charge in [-0.3, -0.25) is 0 Å². The first-order valence-corrected chi connectivity index (χ1v) is 6.34. The normalized spacial score (nSPS) is 54.6. The fourth-order valence-corrected chi connectivity index (χ4v) is 4.67. The third kappa shape index (κ3) is 0.857. The van der Waals surface area contributed by atoms with Gasteiger partial charge in [-0.05, 0) is 54.3 Å². The zero-order chi connectivity index (χ0) is 9.92. The molecule has 2 fully saturated rings. The van der Waals surface area contributed by atoms with E-state index in [1.165, 1.54) is 19.3 Å². The SMILES string of the molecule is CC(C)[C@@H]1CC[C@@H](C)[C@@]23CC=C[C@@H]2[C@@H]13. The molecular formula is C14H22. The Bertz CT molecular complexity index is 276. The van der Waals surface area contributed by atoms with Crippen molar-refractivity contribution in [2.45, 2.75) is 40.0 Å². The van der Waals surface area contributed by atoms with E-state index in [0.717, 1.165) is 35.0 Å². The zero-order valence-corrected chi connectivity index (χ0v) is 9.66. The Labute approximate surface area is 87.8 Å². The monoisotopic (exact) mass is 190 g/mol. The van der Waals surface area contributed by atoms with Gasteiger partial charge in [0.05, 0.1) is 0 Å². The Morgan fingerprint density at radius 2 is 2.07 bits per heavy atom. The van der Waals surface area contributed by atoms with Gasteiger partial charge in [-0.2, -0.15) is 0 Å². The summed E-state index contributed by atoms with van der Waals surface area (Å²) in [5.41, 5.74) is 0.757. The quantitative estimate of drug-likeness (QED) is 0.550. The van der Waals surface area contributed by atoms with Gasteiger partial charge in [-0.25, -0.2) is 0 Å². The zero-order valence-electron chi connectivity index (χ0n) is 9.66. The van der Waals surface area contributed by atoms with Crippen molar-refractivity contribution in [2.75, 3.05) is 0 Å². The first-order valence-electron chi connectivity index (χ1n) is 6.34. The van der Waals surface area contributed by atoms with Crippen LogP contribution in [0.5, 0.6) is 0 Å². The summed E-state index contributed by atoms with van der Waals surface area (Å²) in [5.74, 6) is 4.97. The topological polar surface area (TPSA) is 0 Å². The van der Waals surface area contributed by atoms with Gasteiger partial charge in [0.2, 0.25) is 0 Å². The largest absolute Gasteiger partial charge is 0.0876 e. The molecule has 0 radical (unpaired) electrons. The maximum atomic E-state index is 2.53. The summed E-state index contributed by atoms with van der Waals surface area (Å²) in [4.78, 5) is 0. The standard InChI is InChI=1S/C14H22/c1-9(2)11-7-6-10(3)14-8-4-5-12(14)13(11)14/h4-5,9-13H,6-8H2,1-3H3/t10-,11+,12-,13-,14+/m1/s1. The summed E-state index contributed by atoms with van der Waals surface area (Å²) >= 11 is 0. The Kier molecular flexibility index (Phi) is 1.70. The minimum atomic E-state index is 0.757. The van der Waals surface area contributed by atoms with Crippen LogP contribution >= 0.6 is 0 Å². The van der Waals surface area contributed by atoms with Crippen LogP contribution in [0.1, 0.15) is 40.0 Å². The molecule has 0 bridgehead atoms. The van der Waals surface area contributed by atoms with E-state index >= 15 is 0 Å². The van der Waals surface area contributed by atoms with Gasteiger partial charge in [0.25, 0.3) is 0 Å². The van der Waals surface area contributed by atoms with Gasteiger partial charge in [-0.1, -0.05) is 32.9 Å². The fourth-order valence-electron chi connectivity index (χ4n) is 4.67. The minimum absolute atomic E-state index is 0.757. The van der Waals surface area contributed by atoms with Crippen LogP contribution in [-0.4, -0.2) is 0 Å². The van der Waals surface area contributed by atoms with Gasteiger partial charge in [-0.15, -0.1) is 0 Å². The maximum Gasteiger partial charge on any atom is -0.0132 e. The minimum Gasteiger partial charge on any atom is -0.0876 e. The molecule has 0 N–H and O–H groups in total. The van der Waals surface area contributed by atoms with Crippen LogP contribution < -0.4 is 0 Å². The molecule has 0 unspecified atom stereocenters. The number of hydrogen-bond donors (Lipinski definition) is 0. The van der Waals surface area contributed by atoms with Crippen molar-refractivity contribution >= 4 is 0 Å². The van der Waals surface area contributed by atoms with Crippen LogP contribution in [-0.2, 0) is 0 Å². The van der Waals surface area contributed by atoms with Crippen molar-refractivity contribution in [3.05, 3.63) is 12.2 Å². The second-order valence-electron chi connectivity index (χ2n) is 6.18. The molecular weight excluding hydrogens is 168 g/mol. The highest BCUT2D eigenvalue weighted by atomic mass is 14.7. The summed E-state index contributed by atoms with van der Waals surface area (Å²) in [5, 5.41) is 0. The first-order chi connectivity index (χ1) is 6.68. The first kappa shape index (κ1) is 9.00. The van der Waals surface area contributed by atoms with Crippen LogP contribution in [0.15, 0.2) is 12.2 Å². The summed E-state index contributed by atoms with van der Waals surface area (Å²) in [7, 11) is 0. The Balaban J connectivity index is 1.89. The molecule has 0 aromatic carbocycles. The molecule has 0 nitrogen and oxygen atoms in total. The van der Waals surface area contributed by atoms with Gasteiger partial charge in [0.1, 0.15) is 0 Å². The van der Waals surface area contributed by atoms with Crippen molar-refractivity contribution in [2.24, 2.45) is 35.0 Å². The Morgan fingerprint density at radius 3 is 2.79 bits per heavy atom. The summed E-state index contributed by atoms with van der Waals surface area (Å²) in [6.45, 7) is 7.34. The second kappa shape index (κ2) is 2.65. The van der Waals surface area contributed by atoms with Crippen molar-refractivity contribution in [3.63, 3.8) is 0 Å². The van der Waals surface area contributed by atoms with Crippen LogP contribution in [0.2, 0.25) is 0 Å². The van der Waals surface area contributed by atoms with E-state index in [2.05, 4.69) is 32.9 Å². The van der Waals surface area contributed by atoms with E-state index < -0.39 is 0 Å². The molecule has 5 atom stereocenters. The molecule has 3 aliphatic rings. The molecule has 0 amide bonds. The molecule has 2 saturated carbocycles. The third-order valence-electron chi connectivity index (χ3n) is 5.50. The van der Waals surface area contributed by atoms with Gasteiger partial charge in [0, 0.05) is 0 Å². The molecule has 3 aliphatic carbocycles. The predicted molar refractivity (Wildman–Crippen MR) is 59.9 cm³/mol. The van der Waals surface area contributed by atoms with E-state index in [1.807, 2.05) is 0 Å². The van der Waals surface area contributed by atoms with Crippen LogP contribution in [0, 0.1) is 35.0 Å². The van der Waals surface area contributed by atoms with E-state index in [1.54, 1.807) is 0 Å². The average molecular weight is 190 g/mol. The van der Waals surface area contributed by atoms with Crippen molar-refractivity contribution < 1.29 is 0 Å². The van der Waals surface area contributed by atoms with Gasteiger partial charge in [0.15, 0.2) is 0 Å². The summed E-state index contributed by atoms with van der Waals surface area (Å²) in [6, 6.07) is 0. The van der Waals surface area contributed by atoms with Gasteiger partial charge < -0.3 is 0 Å². The molecule has 0 saturated heterocycles. The van der Waals surface area contributed by atoms with Gasteiger partial charge >= 0.3 is 0 Å². The van der Waals surface area contributed by atoms with Crippen LogP contribution in [0.4, 0.5) is 0 Å². The second-order valence-corrected chi connectivity index (χ2v) is 6.18.